The Balaban J connectivity index is 2.30. The summed E-state index contributed by atoms with van der Waals surface area (Å²) in [5.74, 6) is -0.808. The summed E-state index contributed by atoms with van der Waals surface area (Å²) in [5.41, 5.74) is 9.03. The number of nitrogens with one attached hydrogen (secondary N) is 1. The van der Waals surface area contributed by atoms with Crippen molar-refractivity contribution in [1.82, 2.24) is 0 Å². The topological polar surface area (TPSA) is 95.6 Å². The molecule has 0 atom stereocenters. The molecule has 0 bridgehead atoms. The molecule has 5 heteroatoms. The number of benzene rings is 2. The fraction of sp³-hybridized carbons (Fsp3) is 0.133. The second-order valence-corrected chi connectivity index (χ2v) is 4.72. The molecule has 0 unspecified atom stereocenters. The Hall–Kier alpha value is -2.69. The number of hydrogen-bond acceptors (Lipinski definition) is 4. The predicted octanol–water partition coefficient (Wildman–Crippen LogP) is 2.55. The lowest BCUT2D eigenvalue weighted by molar-refractivity contribution is 0.102. The van der Waals surface area contributed by atoms with Gasteiger partial charge in [-0.1, -0.05) is 0 Å². The zero-order valence-electron chi connectivity index (χ0n) is 11.3. The molecule has 20 heavy (non-hydrogen) atoms. The Morgan fingerprint density at radius 1 is 1.00 bits per heavy atom. The van der Waals surface area contributed by atoms with Gasteiger partial charge in [-0.05, 0) is 49.2 Å². The number of carbonyl (C=O) groups excluding carboxylic acids is 1. The van der Waals surface area contributed by atoms with E-state index in [9.17, 15) is 15.0 Å². The second kappa shape index (κ2) is 5.13. The lowest BCUT2D eigenvalue weighted by atomic mass is 10.1. The SMILES string of the molecule is Cc1cc(N)c(NC(=O)c2cc(O)cc(O)c2)cc1C. The van der Waals surface area contributed by atoms with Crippen LogP contribution >= 0.6 is 0 Å². The summed E-state index contributed by atoms with van der Waals surface area (Å²) in [7, 11) is 0. The summed E-state index contributed by atoms with van der Waals surface area (Å²) in [6.07, 6.45) is 0. The van der Waals surface area contributed by atoms with Crippen molar-refractivity contribution in [2.45, 2.75) is 13.8 Å². The van der Waals surface area contributed by atoms with Gasteiger partial charge >= 0.3 is 0 Å². The summed E-state index contributed by atoms with van der Waals surface area (Å²) < 4.78 is 0. The van der Waals surface area contributed by atoms with E-state index >= 15 is 0 Å². The molecule has 0 aliphatic carbocycles. The van der Waals surface area contributed by atoms with Gasteiger partial charge in [-0.2, -0.15) is 0 Å². The van der Waals surface area contributed by atoms with E-state index in [1.54, 1.807) is 12.1 Å². The minimum Gasteiger partial charge on any atom is -0.508 e. The molecule has 2 rings (SSSR count). The van der Waals surface area contributed by atoms with Crippen LogP contribution in [0.1, 0.15) is 21.5 Å². The van der Waals surface area contributed by atoms with Crippen LogP contribution in [0.5, 0.6) is 11.5 Å². The Bertz CT molecular complexity index is 661. The van der Waals surface area contributed by atoms with Crippen LogP contribution in [0.25, 0.3) is 0 Å². The minimum atomic E-state index is -0.453. The number of hydrogen-bond donors (Lipinski definition) is 4. The van der Waals surface area contributed by atoms with Crippen molar-refractivity contribution in [2.75, 3.05) is 11.1 Å². The molecule has 0 aromatic heterocycles. The maximum Gasteiger partial charge on any atom is 0.255 e. The van der Waals surface area contributed by atoms with Crippen molar-refractivity contribution in [2.24, 2.45) is 0 Å². The first-order valence-electron chi connectivity index (χ1n) is 6.08. The molecule has 1 amide bonds. The van der Waals surface area contributed by atoms with Gasteiger partial charge in [0.05, 0.1) is 11.4 Å². The van der Waals surface area contributed by atoms with Gasteiger partial charge in [-0.25, -0.2) is 0 Å². The smallest absolute Gasteiger partial charge is 0.255 e. The first-order valence-corrected chi connectivity index (χ1v) is 6.08. The molecular weight excluding hydrogens is 256 g/mol. The number of phenols is 2. The van der Waals surface area contributed by atoms with Gasteiger partial charge in [0.1, 0.15) is 11.5 Å². The van der Waals surface area contributed by atoms with E-state index in [1.807, 2.05) is 13.8 Å². The molecule has 0 heterocycles. The van der Waals surface area contributed by atoms with E-state index in [2.05, 4.69) is 5.32 Å². The molecule has 0 aliphatic heterocycles. The summed E-state index contributed by atoms with van der Waals surface area (Å²) in [6, 6.07) is 7.26. The van der Waals surface area contributed by atoms with Crippen molar-refractivity contribution in [3.05, 3.63) is 47.0 Å². The highest BCUT2D eigenvalue weighted by molar-refractivity contribution is 6.06. The highest BCUT2D eigenvalue weighted by atomic mass is 16.3. The second-order valence-electron chi connectivity index (χ2n) is 4.72. The Morgan fingerprint density at radius 3 is 2.15 bits per heavy atom. The van der Waals surface area contributed by atoms with Crippen molar-refractivity contribution < 1.29 is 15.0 Å². The first kappa shape index (κ1) is 13.7. The lowest BCUT2D eigenvalue weighted by Gasteiger charge is -2.11. The third kappa shape index (κ3) is 2.83. The standard InChI is InChI=1S/C15H16N2O3/c1-8-3-13(16)14(4-9(8)2)17-15(20)10-5-11(18)7-12(19)6-10/h3-7,18-19H,16H2,1-2H3,(H,17,20). The van der Waals surface area contributed by atoms with Gasteiger partial charge in [-0.3, -0.25) is 4.79 Å². The maximum absolute atomic E-state index is 12.1. The molecular formula is C15H16N2O3. The van der Waals surface area contributed by atoms with Crippen molar-refractivity contribution in [1.29, 1.82) is 0 Å². The molecule has 0 fully saturated rings. The summed E-state index contributed by atoms with van der Waals surface area (Å²) in [6.45, 7) is 3.86. The molecule has 2 aromatic carbocycles. The number of nitrogen functional groups attached to an aromatic ring is 1. The number of carbonyl (C=O) groups is 1. The van der Waals surface area contributed by atoms with Crippen LogP contribution in [0.15, 0.2) is 30.3 Å². The third-order valence-corrected chi connectivity index (χ3v) is 3.08. The zero-order valence-corrected chi connectivity index (χ0v) is 11.3. The first-order chi connectivity index (χ1) is 9.36. The molecule has 2 aromatic rings. The van der Waals surface area contributed by atoms with Gasteiger partial charge in [-0.15, -0.1) is 0 Å². The lowest BCUT2D eigenvalue weighted by Crippen LogP contribution is -2.13. The van der Waals surface area contributed by atoms with E-state index in [0.717, 1.165) is 17.2 Å². The van der Waals surface area contributed by atoms with Gasteiger partial charge in [0.15, 0.2) is 0 Å². The highest BCUT2D eigenvalue weighted by Gasteiger charge is 2.11. The van der Waals surface area contributed by atoms with Crippen LogP contribution in [-0.4, -0.2) is 16.1 Å². The van der Waals surface area contributed by atoms with Crippen LogP contribution in [0, 0.1) is 13.8 Å². The molecule has 0 aliphatic rings. The minimum absolute atomic E-state index is 0.153. The molecule has 0 radical (unpaired) electrons. The molecule has 0 spiro atoms. The molecule has 104 valence electrons. The summed E-state index contributed by atoms with van der Waals surface area (Å²) in [5, 5.41) is 21.4. The Labute approximate surface area is 116 Å². The van der Waals surface area contributed by atoms with Crippen molar-refractivity contribution in [3.63, 3.8) is 0 Å². The van der Waals surface area contributed by atoms with Crippen LogP contribution in [-0.2, 0) is 0 Å². The monoisotopic (exact) mass is 272 g/mol. The van der Waals surface area contributed by atoms with Gasteiger partial charge in [0.25, 0.3) is 5.91 Å². The fourth-order valence-electron chi connectivity index (χ4n) is 1.87. The van der Waals surface area contributed by atoms with Crippen LogP contribution < -0.4 is 11.1 Å². The average molecular weight is 272 g/mol. The number of rotatable bonds is 2. The average Bonchev–Trinajstić information content (AvgIpc) is 2.34. The fourth-order valence-corrected chi connectivity index (χ4v) is 1.87. The molecule has 0 saturated heterocycles. The van der Waals surface area contributed by atoms with Gasteiger partial charge in [0.2, 0.25) is 0 Å². The van der Waals surface area contributed by atoms with Gasteiger partial charge < -0.3 is 21.3 Å². The van der Waals surface area contributed by atoms with E-state index in [0.29, 0.717) is 11.4 Å². The molecule has 5 N–H and O–H groups in total. The third-order valence-electron chi connectivity index (χ3n) is 3.08. The van der Waals surface area contributed by atoms with Crippen molar-refractivity contribution in [3.8, 4) is 11.5 Å². The van der Waals surface area contributed by atoms with E-state index in [4.69, 9.17) is 5.73 Å². The number of aryl methyl sites for hydroxylation is 2. The van der Waals surface area contributed by atoms with Crippen LogP contribution in [0.4, 0.5) is 11.4 Å². The Kier molecular flexibility index (Phi) is 3.52. The zero-order chi connectivity index (χ0) is 14.9. The van der Waals surface area contributed by atoms with Crippen molar-refractivity contribution >= 4 is 17.3 Å². The van der Waals surface area contributed by atoms with E-state index in [1.165, 1.54) is 12.1 Å². The number of nitrogens with two attached hydrogens (primary N) is 1. The summed E-state index contributed by atoms with van der Waals surface area (Å²) >= 11 is 0. The molecule has 5 nitrogen and oxygen atoms in total. The quantitative estimate of drug-likeness (QED) is 0.632. The number of phenolic OH excluding ortho intramolecular Hbond substituents is 2. The summed E-state index contributed by atoms with van der Waals surface area (Å²) in [4.78, 5) is 12.1. The van der Waals surface area contributed by atoms with Crippen LogP contribution in [0.2, 0.25) is 0 Å². The van der Waals surface area contributed by atoms with E-state index in [-0.39, 0.29) is 17.1 Å². The molecule has 0 saturated carbocycles. The number of aromatic hydroxyl groups is 2. The van der Waals surface area contributed by atoms with Crippen LogP contribution in [0.3, 0.4) is 0 Å². The maximum atomic E-state index is 12.1. The number of amides is 1. The normalized spacial score (nSPS) is 10.3. The Morgan fingerprint density at radius 2 is 1.55 bits per heavy atom. The van der Waals surface area contributed by atoms with E-state index < -0.39 is 5.91 Å². The highest BCUT2D eigenvalue weighted by Crippen LogP contribution is 2.25. The predicted molar refractivity (Wildman–Crippen MR) is 78.1 cm³/mol. The number of anilines is 2. The largest absolute Gasteiger partial charge is 0.508 e. The van der Waals surface area contributed by atoms with Gasteiger partial charge in [0, 0.05) is 11.6 Å².